The molecule has 0 radical (unpaired) electrons. The average Bonchev–Trinajstić information content (AvgIpc) is 2.89. The predicted molar refractivity (Wildman–Crippen MR) is 78.5 cm³/mol. The molecule has 0 atom stereocenters. The Morgan fingerprint density at radius 3 is 2.38 bits per heavy atom. The second-order valence-corrected chi connectivity index (χ2v) is 5.00. The zero-order valence-corrected chi connectivity index (χ0v) is 12.1. The zero-order valence-electron chi connectivity index (χ0n) is 12.1. The van der Waals surface area contributed by atoms with Crippen LogP contribution in [0.15, 0.2) is 29.1 Å². The molecule has 1 saturated heterocycles. The maximum atomic E-state index is 11.9. The zero-order chi connectivity index (χ0) is 14.7. The fourth-order valence-electron chi connectivity index (χ4n) is 2.41. The maximum Gasteiger partial charge on any atom is 0.363 e. The van der Waals surface area contributed by atoms with Gasteiger partial charge in [0.2, 0.25) is 0 Å². The second kappa shape index (κ2) is 6.09. The molecule has 0 spiro atoms. The van der Waals surface area contributed by atoms with Crippen molar-refractivity contribution < 1.29 is 4.74 Å². The molecule has 1 aromatic carbocycles. The van der Waals surface area contributed by atoms with E-state index in [9.17, 15) is 4.79 Å². The molecular weight excluding hydrogens is 270 g/mol. The topological polar surface area (TPSA) is 65.2 Å². The number of aryl methyl sites for hydroxylation is 1. The fraction of sp³-hybridized carbons (Fsp3) is 0.500. The Balaban J connectivity index is 1.71. The van der Waals surface area contributed by atoms with E-state index < -0.39 is 0 Å². The van der Waals surface area contributed by atoms with Gasteiger partial charge in [0, 0.05) is 25.3 Å². The molecule has 21 heavy (non-hydrogen) atoms. The lowest BCUT2D eigenvalue weighted by molar-refractivity contribution is 0.122. The summed E-state index contributed by atoms with van der Waals surface area (Å²) in [6.07, 6.45) is 0. The lowest BCUT2D eigenvalue weighted by Gasteiger charge is -2.28. The molecule has 0 aliphatic carbocycles. The molecule has 2 heterocycles. The van der Waals surface area contributed by atoms with Crippen LogP contribution >= 0.6 is 0 Å². The Bertz CT molecular complexity index is 640. The van der Waals surface area contributed by atoms with Crippen LogP contribution in [-0.4, -0.2) is 46.1 Å². The third-order valence-electron chi connectivity index (χ3n) is 3.64. The number of rotatable bonds is 4. The molecule has 1 aromatic heterocycles. The number of hydrogen-bond acceptors (Lipinski definition) is 5. The highest BCUT2D eigenvalue weighted by Gasteiger charge is 2.11. The molecule has 0 unspecified atom stereocenters. The Morgan fingerprint density at radius 1 is 1.10 bits per heavy atom. The van der Waals surface area contributed by atoms with E-state index in [2.05, 4.69) is 27.5 Å². The van der Waals surface area contributed by atoms with Crippen molar-refractivity contribution in [1.82, 2.24) is 19.8 Å². The van der Waals surface area contributed by atoms with Gasteiger partial charge in [-0.25, -0.2) is 4.79 Å². The lowest BCUT2D eigenvalue weighted by Crippen LogP contribution is -2.36. The molecule has 1 aliphatic heterocycles. The van der Waals surface area contributed by atoms with Gasteiger partial charge in [-0.15, -0.1) is 0 Å². The van der Waals surface area contributed by atoms with Crippen molar-refractivity contribution in [2.24, 2.45) is 0 Å². The van der Waals surface area contributed by atoms with Gasteiger partial charge < -0.3 is 9.64 Å². The van der Waals surface area contributed by atoms with Crippen molar-refractivity contribution >= 4 is 5.69 Å². The molecule has 7 nitrogen and oxygen atoms in total. The molecule has 0 amide bonds. The number of ether oxygens (including phenoxy) is 1. The summed E-state index contributed by atoms with van der Waals surface area (Å²) < 4.78 is 8.08. The van der Waals surface area contributed by atoms with Gasteiger partial charge in [-0.3, -0.25) is 0 Å². The molecule has 1 fully saturated rings. The summed E-state index contributed by atoms with van der Waals surface area (Å²) in [7, 11) is 0. The largest absolute Gasteiger partial charge is 0.378 e. The number of morpholine rings is 1. The van der Waals surface area contributed by atoms with Crippen LogP contribution in [0.4, 0.5) is 5.69 Å². The van der Waals surface area contributed by atoms with Crippen LogP contribution in [-0.2, 0) is 17.8 Å². The van der Waals surface area contributed by atoms with E-state index in [-0.39, 0.29) is 5.69 Å². The van der Waals surface area contributed by atoms with Crippen LogP contribution in [0.25, 0.3) is 0 Å². The summed E-state index contributed by atoms with van der Waals surface area (Å²) in [6.45, 7) is 6.25. The summed E-state index contributed by atoms with van der Waals surface area (Å²) in [4.78, 5) is 14.2. The lowest BCUT2D eigenvalue weighted by atomic mass is 10.2. The van der Waals surface area contributed by atoms with Gasteiger partial charge in [-0.2, -0.15) is 9.36 Å². The standard InChI is InChI=1S/C14H19N5O2/c1-2-18-14(20)19(16-15-18)11-12-3-5-13(6-4-12)17-7-9-21-10-8-17/h3-6H,2,7-11H2,1H3. The van der Waals surface area contributed by atoms with E-state index >= 15 is 0 Å². The van der Waals surface area contributed by atoms with E-state index in [0.717, 1.165) is 31.9 Å². The molecule has 0 bridgehead atoms. The van der Waals surface area contributed by atoms with Crippen LogP contribution in [0.1, 0.15) is 12.5 Å². The van der Waals surface area contributed by atoms with Crippen LogP contribution in [0, 0.1) is 0 Å². The molecule has 7 heteroatoms. The normalized spacial score (nSPS) is 15.4. The van der Waals surface area contributed by atoms with Crippen LogP contribution < -0.4 is 10.6 Å². The minimum Gasteiger partial charge on any atom is -0.378 e. The minimum absolute atomic E-state index is 0.172. The molecule has 0 saturated carbocycles. The first-order valence-electron chi connectivity index (χ1n) is 7.20. The second-order valence-electron chi connectivity index (χ2n) is 5.00. The first-order chi connectivity index (χ1) is 10.3. The van der Waals surface area contributed by atoms with Gasteiger partial charge in [-0.1, -0.05) is 12.1 Å². The quantitative estimate of drug-likeness (QED) is 0.812. The third-order valence-corrected chi connectivity index (χ3v) is 3.64. The van der Waals surface area contributed by atoms with Crippen molar-refractivity contribution in [3.8, 4) is 0 Å². The average molecular weight is 289 g/mol. The van der Waals surface area contributed by atoms with E-state index in [1.807, 2.05) is 19.1 Å². The summed E-state index contributed by atoms with van der Waals surface area (Å²) in [5.74, 6) is 0. The number of tetrazole rings is 1. The number of aromatic nitrogens is 4. The van der Waals surface area contributed by atoms with Crippen molar-refractivity contribution in [2.75, 3.05) is 31.2 Å². The van der Waals surface area contributed by atoms with Crippen molar-refractivity contribution in [1.29, 1.82) is 0 Å². The van der Waals surface area contributed by atoms with Gasteiger partial charge in [0.15, 0.2) is 0 Å². The summed E-state index contributed by atoms with van der Waals surface area (Å²) in [6, 6.07) is 8.22. The highest BCUT2D eigenvalue weighted by atomic mass is 16.5. The van der Waals surface area contributed by atoms with Crippen molar-refractivity contribution in [3.05, 3.63) is 40.3 Å². The number of nitrogens with zero attached hydrogens (tertiary/aromatic N) is 5. The SMILES string of the molecule is CCn1nnn(Cc2ccc(N3CCOCC3)cc2)c1=O. The molecular formula is C14H19N5O2. The maximum absolute atomic E-state index is 11.9. The highest BCUT2D eigenvalue weighted by molar-refractivity contribution is 5.47. The molecule has 0 N–H and O–H groups in total. The Hall–Kier alpha value is -2.15. The monoisotopic (exact) mass is 289 g/mol. The molecule has 2 aromatic rings. The van der Waals surface area contributed by atoms with Crippen LogP contribution in [0.5, 0.6) is 0 Å². The summed E-state index contributed by atoms with van der Waals surface area (Å²) >= 11 is 0. The Kier molecular flexibility index (Phi) is 4.01. The Morgan fingerprint density at radius 2 is 1.76 bits per heavy atom. The Labute approximate surface area is 122 Å². The van der Waals surface area contributed by atoms with Gasteiger partial charge in [-0.05, 0) is 35.0 Å². The number of anilines is 1. The van der Waals surface area contributed by atoms with E-state index in [1.165, 1.54) is 15.1 Å². The smallest absolute Gasteiger partial charge is 0.363 e. The first kappa shape index (κ1) is 13.8. The number of hydrogen-bond donors (Lipinski definition) is 0. The molecule has 3 rings (SSSR count). The predicted octanol–water partition coefficient (Wildman–Crippen LogP) is 0.345. The van der Waals surface area contributed by atoms with E-state index in [4.69, 9.17) is 4.74 Å². The summed E-state index contributed by atoms with van der Waals surface area (Å²) in [5, 5.41) is 7.70. The van der Waals surface area contributed by atoms with Gasteiger partial charge in [0.1, 0.15) is 0 Å². The highest BCUT2D eigenvalue weighted by Crippen LogP contribution is 2.16. The number of benzene rings is 1. The van der Waals surface area contributed by atoms with Crippen molar-refractivity contribution in [3.63, 3.8) is 0 Å². The van der Waals surface area contributed by atoms with Gasteiger partial charge in [0.25, 0.3) is 0 Å². The first-order valence-corrected chi connectivity index (χ1v) is 7.20. The van der Waals surface area contributed by atoms with E-state index in [1.54, 1.807) is 0 Å². The molecule has 112 valence electrons. The third kappa shape index (κ3) is 2.97. The minimum atomic E-state index is -0.172. The molecule has 1 aliphatic rings. The van der Waals surface area contributed by atoms with Crippen molar-refractivity contribution in [2.45, 2.75) is 20.0 Å². The van der Waals surface area contributed by atoms with Crippen LogP contribution in [0.2, 0.25) is 0 Å². The van der Waals surface area contributed by atoms with Gasteiger partial charge in [0.05, 0.1) is 19.8 Å². The van der Waals surface area contributed by atoms with Gasteiger partial charge >= 0.3 is 5.69 Å². The van der Waals surface area contributed by atoms with Crippen LogP contribution in [0.3, 0.4) is 0 Å². The summed E-state index contributed by atoms with van der Waals surface area (Å²) in [5.41, 5.74) is 2.05. The van der Waals surface area contributed by atoms with E-state index in [0.29, 0.717) is 13.1 Å². The fourth-order valence-corrected chi connectivity index (χ4v) is 2.41.